The number of hydrogen-bond acceptors (Lipinski definition) is 5. The number of nitrogens with one attached hydrogen (secondary N) is 1. The molecule has 0 aliphatic carbocycles. The number of allylic oxidation sites excluding steroid dienone is 1. The maximum atomic E-state index is 13.3. The highest BCUT2D eigenvalue weighted by Gasteiger charge is 2.31. The Labute approximate surface area is 184 Å². The Morgan fingerprint density at radius 3 is 2.29 bits per heavy atom. The summed E-state index contributed by atoms with van der Waals surface area (Å²) in [7, 11) is -3.65. The standard InChI is InChI=1S/C24H28N2O4S/c1-5-6-23(20-11-9-19(15-25)10-12-20)31(28,29)16-22(17(2)3)26-24(27)30-21-13-7-18(4)8-14-21/h5,7-14,17,22-23H,1,6,16H2,2-4H3,(H,26,27)/t22-,23?/m1/s1. The van der Waals surface area contributed by atoms with E-state index >= 15 is 0 Å². The molecule has 0 aromatic heterocycles. The fourth-order valence-electron chi connectivity index (χ4n) is 3.08. The van der Waals surface area contributed by atoms with Crippen LogP contribution in [0.2, 0.25) is 0 Å². The average molecular weight is 441 g/mol. The molecule has 2 aromatic carbocycles. The second-order valence-electron chi connectivity index (χ2n) is 7.77. The van der Waals surface area contributed by atoms with Gasteiger partial charge in [-0.25, -0.2) is 13.2 Å². The molecular formula is C24H28N2O4S. The summed E-state index contributed by atoms with van der Waals surface area (Å²) in [6.07, 6.45) is 1.09. The van der Waals surface area contributed by atoms with Gasteiger partial charge in [0.25, 0.3) is 0 Å². The van der Waals surface area contributed by atoms with Crippen molar-refractivity contribution in [2.75, 3.05) is 5.75 Å². The van der Waals surface area contributed by atoms with E-state index in [1.54, 1.807) is 42.5 Å². The van der Waals surface area contributed by atoms with Gasteiger partial charge in [0.15, 0.2) is 9.84 Å². The number of benzene rings is 2. The van der Waals surface area contributed by atoms with E-state index in [0.29, 0.717) is 16.9 Å². The first-order chi connectivity index (χ1) is 14.7. The van der Waals surface area contributed by atoms with E-state index in [0.717, 1.165) is 5.56 Å². The molecule has 0 saturated heterocycles. The van der Waals surface area contributed by atoms with E-state index in [4.69, 9.17) is 10.00 Å². The van der Waals surface area contributed by atoms with Gasteiger partial charge in [-0.1, -0.05) is 49.8 Å². The number of nitrogens with zero attached hydrogens (tertiary/aromatic N) is 1. The van der Waals surface area contributed by atoms with Gasteiger partial charge in [0.05, 0.1) is 22.6 Å². The molecule has 2 aromatic rings. The summed E-state index contributed by atoms with van der Waals surface area (Å²) in [6, 6.07) is 14.9. The number of ether oxygens (including phenoxy) is 1. The fourth-order valence-corrected chi connectivity index (χ4v) is 5.28. The predicted molar refractivity (Wildman–Crippen MR) is 121 cm³/mol. The molecule has 164 valence electrons. The van der Waals surface area contributed by atoms with Gasteiger partial charge in [-0.2, -0.15) is 5.26 Å². The van der Waals surface area contributed by atoms with Gasteiger partial charge >= 0.3 is 6.09 Å². The third kappa shape index (κ3) is 6.97. The maximum Gasteiger partial charge on any atom is 0.412 e. The second-order valence-corrected chi connectivity index (χ2v) is 10.0. The van der Waals surface area contributed by atoms with Gasteiger partial charge < -0.3 is 10.1 Å². The molecule has 0 heterocycles. The molecule has 1 unspecified atom stereocenters. The van der Waals surface area contributed by atoms with Crippen LogP contribution in [0.25, 0.3) is 0 Å². The van der Waals surface area contributed by atoms with E-state index < -0.39 is 27.2 Å². The Kier molecular flexibility index (Phi) is 8.40. The SMILES string of the molecule is C=CCC(c1ccc(C#N)cc1)S(=O)(=O)C[C@@H](NC(=O)Oc1ccc(C)cc1)C(C)C. The van der Waals surface area contributed by atoms with Crippen molar-refractivity contribution in [3.8, 4) is 11.8 Å². The Morgan fingerprint density at radius 1 is 1.16 bits per heavy atom. The predicted octanol–water partition coefficient (Wildman–Crippen LogP) is 4.71. The first-order valence-corrected chi connectivity index (χ1v) is 11.8. The van der Waals surface area contributed by atoms with Crippen molar-refractivity contribution in [3.05, 3.63) is 77.9 Å². The number of aryl methyl sites for hydroxylation is 1. The van der Waals surface area contributed by atoms with Crippen LogP contribution in [0.4, 0.5) is 4.79 Å². The van der Waals surface area contributed by atoms with Crippen molar-refractivity contribution in [3.63, 3.8) is 0 Å². The lowest BCUT2D eigenvalue weighted by molar-refractivity contribution is 0.193. The number of amides is 1. The zero-order valence-corrected chi connectivity index (χ0v) is 18.9. The maximum absolute atomic E-state index is 13.3. The van der Waals surface area contributed by atoms with Crippen LogP contribution in [0.3, 0.4) is 0 Å². The molecule has 7 heteroatoms. The molecule has 1 N–H and O–H groups in total. The topological polar surface area (TPSA) is 96.3 Å². The van der Waals surface area contributed by atoms with Crippen molar-refractivity contribution in [2.24, 2.45) is 5.92 Å². The Balaban J connectivity index is 2.17. The van der Waals surface area contributed by atoms with E-state index in [1.165, 1.54) is 0 Å². The lowest BCUT2D eigenvalue weighted by Crippen LogP contribution is -2.45. The van der Waals surface area contributed by atoms with Crippen LogP contribution in [0.15, 0.2) is 61.2 Å². The van der Waals surface area contributed by atoms with Crippen molar-refractivity contribution in [1.82, 2.24) is 5.32 Å². The number of sulfone groups is 1. The third-order valence-corrected chi connectivity index (χ3v) is 7.13. The number of carbonyl (C=O) groups is 1. The van der Waals surface area contributed by atoms with Crippen molar-refractivity contribution < 1.29 is 17.9 Å². The average Bonchev–Trinajstić information content (AvgIpc) is 2.73. The van der Waals surface area contributed by atoms with Crippen LogP contribution in [0, 0.1) is 24.2 Å². The minimum atomic E-state index is -3.65. The highest BCUT2D eigenvalue weighted by Crippen LogP contribution is 2.29. The minimum Gasteiger partial charge on any atom is -0.410 e. The first kappa shape index (κ1) is 24.2. The molecule has 0 aliphatic heterocycles. The van der Waals surface area contributed by atoms with E-state index in [1.807, 2.05) is 39.0 Å². The van der Waals surface area contributed by atoms with Gasteiger partial charge in [0.2, 0.25) is 0 Å². The molecule has 0 saturated carbocycles. The highest BCUT2D eigenvalue weighted by molar-refractivity contribution is 7.91. The van der Waals surface area contributed by atoms with Gasteiger partial charge in [-0.15, -0.1) is 6.58 Å². The van der Waals surface area contributed by atoms with E-state index in [-0.39, 0.29) is 18.1 Å². The molecule has 2 atom stereocenters. The summed E-state index contributed by atoms with van der Waals surface area (Å²) in [6.45, 7) is 9.30. The van der Waals surface area contributed by atoms with E-state index in [2.05, 4.69) is 11.9 Å². The molecule has 31 heavy (non-hydrogen) atoms. The number of rotatable bonds is 9. The first-order valence-electron chi connectivity index (χ1n) is 10.0. The Hall–Kier alpha value is -3.11. The van der Waals surface area contributed by atoms with Crippen LogP contribution < -0.4 is 10.1 Å². The van der Waals surface area contributed by atoms with E-state index in [9.17, 15) is 13.2 Å². The zero-order chi connectivity index (χ0) is 23.0. The smallest absolute Gasteiger partial charge is 0.410 e. The number of hydrogen-bond donors (Lipinski definition) is 1. The largest absolute Gasteiger partial charge is 0.412 e. The minimum absolute atomic E-state index is 0.134. The van der Waals surface area contributed by atoms with Crippen molar-refractivity contribution in [2.45, 2.75) is 38.5 Å². The molecule has 0 bridgehead atoms. The molecular weight excluding hydrogens is 412 g/mol. The summed E-state index contributed by atoms with van der Waals surface area (Å²) < 4.78 is 31.8. The van der Waals surface area contributed by atoms with Crippen LogP contribution >= 0.6 is 0 Å². The van der Waals surface area contributed by atoms with Gasteiger partial charge in [-0.05, 0) is 49.1 Å². The Morgan fingerprint density at radius 2 is 1.77 bits per heavy atom. The highest BCUT2D eigenvalue weighted by atomic mass is 32.2. The fraction of sp³-hybridized carbons (Fsp3) is 0.333. The van der Waals surface area contributed by atoms with Crippen LogP contribution in [-0.2, 0) is 9.84 Å². The van der Waals surface area contributed by atoms with Gasteiger partial charge in [0, 0.05) is 6.04 Å². The van der Waals surface area contributed by atoms with Crippen LogP contribution in [0.1, 0.15) is 42.2 Å². The molecule has 0 spiro atoms. The summed E-state index contributed by atoms with van der Waals surface area (Å²) in [4.78, 5) is 12.4. The van der Waals surface area contributed by atoms with Crippen molar-refractivity contribution >= 4 is 15.9 Å². The van der Waals surface area contributed by atoms with Crippen molar-refractivity contribution in [1.29, 1.82) is 5.26 Å². The molecule has 1 amide bonds. The molecule has 0 radical (unpaired) electrons. The summed E-state index contributed by atoms with van der Waals surface area (Å²) in [5, 5.41) is 10.9. The van der Waals surface area contributed by atoms with Gasteiger partial charge in [0.1, 0.15) is 5.75 Å². The lowest BCUT2D eigenvalue weighted by Gasteiger charge is -2.25. The second kappa shape index (κ2) is 10.8. The van der Waals surface area contributed by atoms with Crippen LogP contribution in [0.5, 0.6) is 5.75 Å². The lowest BCUT2D eigenvalue weighted by atomic mass is 10.1. The summed E-state index contributed by atoms with van der Waals surface area (Å²) in [5.41, 5.74) is 2.08. The third-order valence-electron chi connectivity index (χ3n) is 4.98. The van der Waals surface area contributed by atoms with Gasteiger partial charge in [-0.3, -0.25) is 0 Å². The normalized spacial score (nSPS) is 13.1. The van der Waals surface area contributed by atoms with Crippen LogP contribution in [-0.4, -0.2) is 26.3 Å². The quantitative estimate of drug-likeness (QED) is 0.570. The summed E-state index contributed by atoms with van der Waals surface area (Å²) >= 11 is 0. The zero-order valence-electron chi connectivity index (χ0n) is 18.0. The Bertz CT molecular complexity index is 1040. The molecule has 0 fully saturated rings. The number of nitriles is 1. The monoisotopic (exact) mass is 440 g/mol. The summed E-state index contributed by atoms with van der Waals surface area (Å²) in [5.74, 6) is 0.00730. The molecule has 0 aliphatic rings. The molecule has 2 rings (SSSR count). The molecule has 6 nitrogen and oxygen atoms in total. The number of carbonyl (C=O) groups excluding carboxylic acids is 1.